The zero-order valence-electron chi connectivity index (χ0n) is 11.7. The van der Waals surface area contributed by atoms with Crippen molar-refractivity contribution in [3.8, 4) is 0 Å². The van der Waals surface area contributed by atoms with Crippen molar-refractivity contribution < 1.29 is 4.79 Å². The minimum atomic E-state index is -0.400. The van der Waals surface area contributed by atoms with Gasteiger partial charge in [-0.25, -0.2) is 0 Å². The summed E-state index contributed by atoms with van der Waals surface area (Å²) in [5.74, 6) is 0.871. The lowest BCUT2D eigenvalue weighted by atomic mass is 9.96. The lowest BCUT2D eigenvalue weighted by Gasteiger charge is -2.18. The first-order valence-electron chi connectivity index (χ1n) is 6.86. The van der Waals surface area contributed by atoms with E-state index in [1.165, 1.54) is 5.56 Å². The molecule has 1 fully saturated rings. The maximum atomic E-state index is 11.9. The first-order chi connectivity index (χ1) is 9.57. The van der Waals surface area contributed by atoms with Crippen LogP contribution in [0.5, 0.6) is 0 Å². The molecule has 1 saturated carbocycles. The molecule has 1 aliphatic rings. The fourth-order valence-corrected chi connectivity index (χ4v) is 2.90. The highest BCUT2D eigenvalue weighted by molar-refractivity contribution is 7.98. The SMILES string of the molecule is CSCC[C@H](N)C(=O)NCC1(c2ccc(Cl)cc2)CC1. The molecule has 1 aromatic carbocycles. The van der Waals surface area contributed by atoms with Crippen LogP contribution in [-0.4, -0.2) is 30.5 Å². The van der Waals surface area contributed by atoms with Crippen LogP contribution in [0.2, 0.25) is 5.02 Å². The van der Waals surface area contributed by atoms with Gasteiger partial charge in [0.25, 0.3) is 0 Å². The molecule has 0 radical (unpaired) electrons. The van der Waals surface area contributed by atoms with Gasteiger partial charge in [0.15, 0.2) is 0 Å². The number of nitrogens with two attached hydrogens (primary N) is 1. The summed E-state index contributed by atoms with van der Waals surface area (Å²) in [5.41, 5.74) is 7.22. The first kappa shape index (κ1) is 15.7. The van der Waals surface area contributed by atoms with Crippen molar-refractivity contribution in [2.75, 3.05) is 18.6 Å². The lowest BCUT2D eigenvalue weighted by molar-refractivity contribution is -0.122. The van der Waals surface area contributed by atoms with Crippen LogP contribution in [0.15, 0.2) is 24.3 Å². The Labute approximate surface area is 129 Å². The number of carbonyl (C=O) groups excluding carboxylic acids is 1. The van der Waals surface area contributed by atoms with E-state index in [9.17, 15) is 4.79 Å². The van der Waals surface area contributed by atoms with E-state index < -0.39 is 6.04 Å². The Balaban J connectivity index is 1.87. The number of halogens is 1. The van der Waals surface area contributed by atoms with E-state index in [1.807, 2.05) is 18.4 Å². The number of carbonyl (C=O) groups is 1. The second-order valence-electron chi connectivity index (χ2n) is 5.39. The summed E-state index contributed by atoms with van der Waals surface area (Å²) in [5, 5.41) is 3.74. The zero-order valence-corrected chi connectivity index (χ0v) is 13.3. The number of nitrogens with one attached hydrogen (secondary N) is 1. The maximum absolute atomic E-state index is 11.9. The van der Waals surface area contributed by atoms with Gasteiger partial charge in [0.2, 0.25) is 5.91 Å². The van der Waals surface area contributed by atoms with Crippen molar-refractivity contribution >= 4 is 29.3 Å². The lowest BCUT2D eigenvalue weighted by Crippen LogP contribution is -2.43. The summed E-state index contributed by atoms with van der Waals surface area (Å²) in [4.78, 5) is 11.9. The van der Waals surface area contributed by atoms with Crippen LogP contribution in [0, 0.1) is 0 Å². The molecule has 0 heterocycles. The average Bonchev–Trinajstić information content (AvgIpc) is 3.24. The fraction of sp³-hybridized carbons (Fsp3) is 0.533. The smallest absolute Gasteiger partial charge is 0.236 e. The molecule has 0 aliphatic heterocycles. The van der Waals surface area contributed by atoms with Gasteiger partial charge >= 0.3 is 0 Å². The average molecular weight is 313 g/mol. The van der Waals surface area contributed by atoms with Gasteiger partial charge in [-0.15, -0.1) is 0 Å². The van der Waals surface area contributed by atoms with E-state index in [-0.39, 0.29) is 11.3 Å². The van der Waals surface area contributed by atoms with Gasteiger partial charge in [0.1, 0.15) is 0 Å². The molecule has 1 aromatic rings. The number of benzene rings is 1. The minimum Gasteiger partial charge on any atom is -0.354 e. The second-order valence-corrected chi connectivity index (χ2v) is 6.82. The molecule has 5 heteroatoms. The Morgan fingerprint density at radius 2 is 2.10 bits per heavy atom. The molecular formula is C15H21ClN2OS. The third kappa shape index (κ3) is 3.90. The van der Waals surface area contributed by atoms with E-state index in [4.69, 9.17) is 17.3 Å². The summed E-state index contributed by atoms with van der Waals surface area (Å²) < 4.78 is 0. The Morgan fingerprint density at radius 3 is 2.65 bits per heavy atom. The fourth-order valence-electron chi connectivity index (χ4n) is 2.29. The van der Waals surface area contributed by atoms with Gasteiger partial charge in [0, 0.05) is 17.0 Å². The summed E-state index contributed by atoms with van der Waals surface area (Å²) in [6, 6.07) is 7.51. The van der Waals surface area contributed by atoms with Crippen LogP contribution < -0.4 is 11.1 Å². The van der Waals surface area contributed by atoms with Crippen molar-refractivity contribution in [1.29, 1.82) is 0 Å². The Kier molecular flexibility index (Phi) is 5.35. The van der Waals surface area contributed by atoms with Gasteiger partial charge in [-0.3, -0.25) is 4.79 Å². The van der Waals surface area contributed by atoms with Crippen LogP contribution in [0.4, 0.5) is 0 Å². The van der Waals surface area contributed by atoms with Crippen LogP contribution in [0.3, 0.4) is 0 Å². The van der Waals surface area contributed by atoms with Gasteiger partial charge in [-0.05, 0) is 49.0 Å². The monoisotopic (exact) mass is 312 g/mol. The molecule has 0 spiro atoms. The molecule has 2 rings (SSSR count). The molecule has 0 aromatic heterocycles. The molecule has 0 saturated heterocycles. The Bertz CT molecular complexity index is 459. The van der Waals surface area contributed by atoms with Crippen molar-refractivity contribution in [1.82, 2.24) is 5.32 Å². The van der Waals surface area contributed by atoms with Crippen LogP contribution in [0.1, 0.15) is 24.8 Å². The largest absolute Gasteiger partial charge is 0.354 e. The van der Waals surface area contributed by atoms with Crippen LogP contribution in [-0.2, 0) is 10.2 Å². The van der Waals surface area contributed by atoms with E-state index in [2.05, 4.69) is 17.4 Å². The van der Waals surface area contributed by atoms with E-state index in [1.54, 1.807) is 11.8 Å². The van der Waals surface area contributed by atoms with Crippen molar-refractivity contribution in [2.24, 2.45) is 5.73 Å². The van der Waals surface area contributed by atoms with Crippen LogP contribution in [0.25, 0.3) is 0 Å². The second kappa shape index (κ2) is 6.83. The summed E-state index contributed by atoms with van der Waals surface area (Å²) >= 11 is 7.62. The normalized spacial score (nSPS) is 17.6. The number of hydrogen-bond acceptors (Lipinski definition) is 3. The zero-order chi connectivity index (χ0) is 14.6. The molecule has 20 heavy (non-hydrogen) atoms. The molecule has 110 valence electrons. The highest BCUT2D eigenvalue weighted by Gasteiger charge is 2.44. The molecule has 1 aliphatic carbocycles. The van der Waals surface area contributed by atoms with Gasteiger partial charge in [-0.1, -0.05) is 23.7 Å². The molecule has 3 nitrogen and oxygen atoms in total. The molecule has 0 unspecified atom stereocenters. The van der Waals surface area contributed by atoms with Gasteiger partial charge in [0.05, 0.1) is 6.04 Å². The predicted octanol–water partition coefficient (Wildman–Crippen LogP) is 2.57. The number of hydrogen-bond donors (Lipinski definition) is 2. The van der Waals surface area contributed by atoms with Crippen molar-refractivity contribution in [3.05, 3.63) is 34.9 Å². The number of thioether (sulfide) groups is 1. The topological polar surface area (TPSA) is 55.1 Å². The summed E-state index contributed by atoms with van der Waals surface area (Å²) in [6.07, 6.45) is 4.95. The van der Waals surface area contributed by atoms with E-state index in [0.29, 0.717) is 6.54 Å². The molecule has 1 amide bonds. The molecular weight excluding hydrogens is 292 g/mol. The predicted molar refractivity (Wildman–Crippen MR) is 86.3 cm³/mol. The van der Waals surface area contributed by atoms with Crippen molar-refractivity contribution in [2.45, 2.75) is 30.7 Å². The third-order valence-electron chi connectivity index (χ3n) is 3.88. The highest BCUT2D eigenvalue weighted by atomic mass is 35.5. The Morgan fingerprint density at radius 1 is 1.45 bits per heavy atom. The Hall–Kier alpha value is -0.710. The highest BCUT2D eigenvalue weighted by Crippen LogP contribution is 2.47. The maximum Gasteiger partial charge on any atom is 0.236 e. The molecule has 3 N–H and O–H groups in total. The standard InChI is InChI=1S/C15H21ClN2OS/c1-20-9-6-13(17)14(19)18-10-15(7-8-15)11-2-4-12(16)5-3-11/h2-5,13H,6-10,17H2,1H3,(H,18,19)/t13-/m0/s1. The summed E-state index contributed by atoms with van der Waals surface area (Å²) in [6.45, 7) is 0.667. The minimum absolute atomic E-state index is 0.0423. The van der Waals surface area contributed by atoms with Gasteiger partial charge in [-0.2, -0.15) is 11.8 Å². The van der Waals surface area contributed by atoms with Crippen molar-refractivity contribution in [3.63, 3.8) is 0 Å². The molecule has 0 bridgehead atoms. The third-order valence-corrected chi connectivity index (χ3v) is 4.78. The van der Waals surface area contributed by atoms with Gasteiger partial charge < -0.3 is 11.1 Å². The quantitative estimate of drug-likeness (QED) is 0.813. The molecule has 1 atom stereocenters. The number of rotatable bonds is 7. The number of amides is 1. The van der Waals surface area contributed by atoms with E-state index in [0.717, 1.165) is 30.0 Å². The van der Waals surface area contributed by atoms with Crippen LogP contribution >= 0.6 is 23.4 Å². The van der Waals surface area contributed by atoms with E-state index >= 15 is 0 Å². The summed E-state index contributed by atoms with van der Waals surface area (Å²) in [7, 11) is 0. The first-order valence-corrected chi connectivity index (χ1v) is 8.63.